The highest BCUT2D eigenvalue weighted by molar-refractivity contribution is 5.86. The van der Waals surface area contributed by atoms with Crippen LogP contribution in [0.15, 0.2) is 71.3 Å². The van der Waals surface area contributed by atoms with E-state index in [1.54, 1.807) is 12.0 Å². The minimum Gasteiger partial charge on any atom is -0.497 e. The van der Waals surface area contributed by atoms with E-state index in [9.17, 15) is 10.5 Å². The number of nitrogens with one attached hydrogen (secondary N) is 1. The van der Waals surface area contributed by atoms with Crippen molar-refractivity contribution in [3.8, 4) is 17.9 Å². The summed E-state index contributed by atoms with van der Waals surface area (Å²) in [5.74, 6) is 1.12. The van der Waals surface area contributed by atoms with Crippen LogP contribution in [0.1, 0.15) is 11.5 Å². The van der Waals surface area contributed by atoms with E-state index in [1.807, 2.05) is 48.5 Å². The SMILES string of the molecule is COc1ccc([C@@H]2C(C#N)=C(N)N3C(=C2C#N)Nc2ccccc23)cc1. The summed E-state index contributed by atoms with van der Waals surface area (Å²) in [6.07, 6.45) is 0. The number of methoxy groups -OCH3 is 1. The Hall–Kier alpha value is -3.90. The second kappa shape index (κ2) is 5.87. The van der Waals surface area contributed by atoms with Crippen molar-refractivity contribution in [3.63, 3.8) is 0 Å². The molecule has 1 atom stereocenters. The molecule has 0 aromatic heterocycles. The van der Waals surface area contributed by atoms with Gasteiger partial charge in [-0.15, -0.1) is 0 Å². The first kappa shape index (κ1) is 15.6. The van der Waals surface area contributed by atoms with Crippen LogP contribution in [0.3, 0.4) is 0 Å². The lowest BCUT2D eigenvalue weighted by Crippen LogP contribution is -2.34. The average molecular weight is 341 g/mol. The van der Waals surface area contributed by atoms with Crippen molar-refractivity contribution in [2.45, 2.75) is 5.92 Å². The molecule has 0 aliphatic carbocycles. The lowest BCUT2D eigenvalue weighted by molar-refractivity contribution is 0.414. The molecule has 0 radical (unpaired) electrons. The fourth-order valence-electron chi connectivity index (χ4n) is 3.43. The summed E-state index contributed by atoms with van der Waals surface area (Å²) >= 11 is 0. The third kappa shape index (κ3) is 2.10. The second-order valence-electron chi connectivity index (χ2n) is 5.97. The van der Waals surface area contributed by atoms with Gasteiger partial charge in [-0.25, -0.2) is 0 Å². The quantitative estimate of drug-likeness (QED) is 0.871. The van der Waals surface area contributed by atoms with E-state index in [-0.39, 0.29) is 0 Å². The summed E-state index contributed by atoms with van der Waals surface area (Å²) < 4.78 is 5.20. The topological polar surface area (TPSA) is 98.1 Å². The van der Waals surface area contributed by atoms with Crippen LogP contribution in [0.5, 0.6) is 5.75 Å². The second-order valence-corrected chi connectivity index (χ2v) is 5.97. The summed E-state index contributed by atoms with van der Waals surface area (Å²) in [6.45, 7) is 0. The Bertz CT molecular complexity index is 1040. The Morgan fingerprint density at radius 1 is 1.04 bits per heavy atom. The maximum atomic E-state index is 9.88. The molecule has 126 valence electrons. The number of nitriles is 2. The van der Waals surface area contributed by atoms with E-state index >= 15 is 0 Å². The molecule has 4 rings (SSSR count). The van der Waals surface area contributed by atoms with Crippen LogP contribution < -0.4 is 20.7 Å². The first-order valence-corrected chi connectivity index (χ1v) is 8.03. The maximum absolute atomic E-state index is 9.88. The number of benzene rings is 2. The van der Waals surface area contributed by atoms with Gasteiger partial charge in [0.1, 0.15) is 17.4 Å². The molecule has 26 heavy (non-hydrogen) atoms. The average Bonchev–Trinajstić information content (AvgIpc) is 3.07. The first-order valence-electron chi connectivity index (χ1n) is 8.03. The monoisotopic (exact) mass is 341 g/mol. The van der Waals surface area contributed by atoms with E-state index < -0.39 is 5.92 Å². The van der Waals surface area contributed by atoms with E-state index in [1.165, 1.54) is 0 Å². The summed E-state index contributed by atoms with van der Waals surface area (Å²) in [7, 11) is 1.59. The van der Waals surface area contributed by atoms with E-state index in [4.69, 9.17) is 10.5 Å². The van der Waals surface area contributed by atoms with E-state index in [2.05, 4.69) is 17.5 Å². The number of hydrogen-bond donors (Lipinski definition) is 2. The number of anilines is 2. The number of nitrogens with two attached hydrogens (primary N) is 1. The number of rotatable bonds is 2. The number of fused-ring (bicyclic) bond motifs is 3. The van der Waals surface area contributed by atoms with Gasteiger partial charge in [0.2, 0.25) is 0 Å². The lowest BCUT2D eigenvalue weighted by Gasteiger charge is -2.31. The third-order valence-corrected chi connectivity index (χ3v) is 4.66. The van der Waals surface area contributed by atoms with Crippen molar-refractivity contribution in [1.29, 1.82) is 10.5 Å². The molecular formula is C20H15N5O. The number of para-hydroxylation sites is 2. The normalized spacial score (nSPS) is 17.8. The van der Waals surface area contributed by atoms with Crippen LogP contribution in [0.25, 0.3) is 0 Å². The van der Waals surface area contributed by atoms with Crippen LogP contribution in [-0.2, 0) is 0 Å². The molecule has 0 amide bonds. The molecule has 2 heterocycles. The molecular weight excluding hydrogens is 326 g/mol. The molecule has 6 nitrogen and oxygen atoms in total. The van der Waals surface area contributed by atoms with Crippen molar-refractivity contribution >= 4 is 11.4 Å². The van der Waals surface area contributed by atoms with Crippen LogP contribution in [0, 0.1) is 22.7 Å². The zero-order valence-corrected chi connectivity index (χ0v) is 14.0. The molecule has 0 unspecified atom stereocenters. The fourth-order valence-corrected chi connectivity index (χ4v) is 3.43. The van der Waals surface area contributed by atoms with Crippen LogP contribution >= 0.6 is 0 Å². The van der Waals surface area contributed by atoms with Gasteiger partial charge in [0.25, 0.3) is 0 Å². The highest BCUT2D eigenvalue weighted by Gasteiger charge is 2.40. The smallest absolute Gasteiger partial charge is 0.131 e. The van der Waals surface area contributed by atoms with Crippen molar-refractivity contribution in [3.05, 3.63) is 76.9 Å². The number of hydrogen-bond acceptors (Lipinski definition) is 6. The standard InChI is InChI=1S/C20H15N5O/c1-26-13-8-6-12(7-9-13)18-14(10-21)19(23)25-17-5-3-2-4-16(17)24-20(25)15(18)11-22/h2-9,18,24H,23H2,1H3/t18-/m1/s1. The largest absolute Gasteiger partial charge is 0.497 e. The molecule has 0 saturated heterocycles. The van der Waals surface area contributed by atoms with Crippen molar-refractivity contribution < 1.29 is 4.74 Å². The van der Waals surface area contributed by atoms with E-state index in [0.717, 1.165) is 16.9 Å². The molecule has 0 bridgehead atoms. The summed E-state index contributed by atoms with van der Waals surface area (Å²) in [4.78, 5) is 1.74. The summed E-state index contributed by atoms with van der Waals surface area (Å²) in [6, 6.07) is 19.4. The summed E-state index contributed by atoms with van der Waals surface area (Å²) in [5.41, 5.74) is 9.67. The molecule has 2 aliphatic rings. The highest BCUT2D eigenvalue weighted by atomic mass is 16.5. The minimum absolute atomic E-state index is 0.333. The zero-order chi connectivity index (χ0) is 18.3. The molecule has 2 aromatic carbocycles. The molecule has 6 heteroatoms. The van der Waals surface area contributed by atoms with Crippen LogP contribution in [0.4, 0.5) is 11.4 Å². The maximum Gasteiger partial charge on any atom is 0.131 e. The Morgan fingerprint density at radius 2 is 1.73 bits per heavy atom. The van der Waals surface area contributed by atoms with Crippen LogP contribution in [0.2, 0.25) is 0 Å². The number of ether oxygens (including phenoxy) is 1. The van der Waals surface area contributed by atoms with Crippen molar-refractivity contribution in [1.82, 2.24) is 0 Å². The van der Waals surface area contributed by atoms with Gasteiger partial charge in [0.05, 0.1) is 47.7 Å². The van der Waals surface area contributed by atoms with Crippen LogP contribution in [-0.4, -0.2) is 7.11 Å². The predicted octanol–water partition coefficient (Wildman–Crippen LogP) is 3.15. The van der Waals surface area contributed by atoms with Gasteiger partial charge in [0, 0.05) is 0 Å². The van der Waals surface area contributed by atoms with E-state index in [0.29, 0.717) is 28.5 Å². The fraction of sp³-hybridized carbons (Fsp3) is 0.100. The Labute approximate surface area is 151 Å². The van der Waals surface area contributed by atoms with Crippen molar-refractivity contribution in [2.75, 3.05) is 17.3 Å². The lowest BCUT2D eigenvalue weighted by atomic mass is 9.83. The first-order chi connectivity index (χ1) is 12.7. The van der Waals surface area contributed by atoms with Gasteiger partial charge >= 0.3 is 0 Å². The molecule has 0 fully saturated rings. The predicted molar refractivity (Wildman–Crippen MR) is 97.7 cm³/mol. The summed E-state index contributed by atoms with van der Waals surface area (Å²) in [5, 5.41) is 22.9. The van der Waals surface area contributed by atoms with Gasteiger partial charge in [-0.2, -0.15) is 10.5 Å². The molecule has 0 saturated carbocycles. The number of allylic oxidation sites excluding steroid dienone is 2. The highest BCUT2D eigenvalue weighted by Crippen LogP contribution is 2.47. The van der Waals surface area contributed by atoms with Gasteiger partial charge in [-0.05, 0) is 29.8 Å². The number of nitrogens with zero attached hydrogens (tertiary/aromatic N) is 3. The molecule has 0 spiro atoms. The Kier molecular flexibility index (Phi) is 3.53. The molecule has 2 aliphatic heterocycles. The Balaban J connectivity index is 1.92. The van der Waals surface area contributed by atoms with Gasteiger partial charge in [0.15, 0.2) is 0 Å². The molecule has 2 aromatic rings. The van der Waals surface area contributed by atoms with Gasteiger partial charge in [-0.3, -0.25) is 4.90 Å². The zero-order valence-electron chi connectivity index (χ0n) is 14.0. The molecule has 3 N–H and O–H groups in total. The third-order valence-electron chi connectivity index (χ3n) is 4.66. The van der Waals surface area contributed by atoms with Gasteiger partial charge in [-0.1, -0.05) is 24.3 Å². The van der Waals surface area contributed by atoms with Gasteiger partial charge < -0.3 is 15.8 Å². The minimum atomic E-state index is -0.524. The Morgan fingerprint density at radius 3 is 2.38 bits per heavy atom. The van der Waals surface area contributed by atoms with Crippen molar-refractivity contribution in [2.24, 2.45) is 5.73 Å².